The van der Waals surface area contributed by atoms with E-state index in [-0.39, 0.29) is 60.5 Å². The van der Waals surface area contributed by atoms with Gasteiger partial charge < -0.3 is 14.5 Å². The van der Waals surface area contributed by atoms with E-state index >= 15 is 0 Å². The van der Waals surface area contributed by atoms with Gasteiger partial charge in [0.1, 0.15) is 5.75 Å². The molecule has 22 heavy (non-hydrogen) atoms. The van der Waals surface area contributed by atoms with Crippen molar-refractivity contribution in [2.24, 2.45) is 0 Å². The molecule has 4 nitrogen and oxygen atoms in total. The van der Waals surface area contributed by atoms with E-state index < -0.39 is 7.60 Å². The van der Waals surface area contributed by atoms with E-state index in [2.05, 4.69) is 4.52 Å². The molecule has 1 atom stereocenters. The molecule has 0 saturated carbocycles. The first kappa shape index (κ1) is 22.4. The van der Waals surface area contributed by atoms with Crippen molar-refractivity contribution >= 4 is 45.3 Å². The number of hydrogen-bond acceptors (Lipinski definition) is 3. The molecular weight excluding hydrogens is 327 g/mol. The van der Waals surface area contributed by atoms with E-state index in [1.165, 1.54) is 7.11 Å². The molecule has 0 amide bonds. The van der Waals surface area contributed by atoms with Crippen LogP contribution in [-0.2, 0) is 26.1 Å². The molecule has 1 rings (SSSR count). The van der Waals surface area contributed by atoms with Crippen LogP contribution in [0.15, 0.2) is 12.1 Å². The Bertz CT molecular complexity index is 535. The summed E-state index contributed by atoms with van der Waals surface area (Å²) in [4.78, 5) is 9.70. The van der Waals surface area contributed by atoms with E-state index in [0.717, 1.165) is 11.1 Å². The fourth-order valence-electron chi connectivity index (χ4n) is 2.22. The molecule has 0 fully saturated rings. The minimum absolute atomic E-state index is 0. The fourth-order valence-corrected chi connectivity index (χ4v) is 3.00. The van der Waals surface area contributed by atoms with Crippen LogP contribution in [0.25, 0.3) is 0 Å². The van der Waals surface area contributed by atoms with Crippen molar-refractivity contribution in [3.05, 3.63) is 28.8 Å². The Balaban J connectivity index is 0.00000441. The Morgan fingerprint density at radius 1 is 1.05 bits per heavy atom. The van der Waals surface area contributed by atoms with Crippen LogP contribution in [0, 0.1) is 0 Å². The normalized spacial score (nSPS) is 15.1. The van der Waals surface area contributed by atoms with Gasteiger partial charge in [0.05, 0.1) is 6.16 Å². The summed E-state index contributed by atoms with van der Waals surface area (Å²) in [6.45, 7) is 12.0. The van der Waals surface area contributed by atoms with Crippen molar-refractivity contribution in [3.8, 4) is 5.75 Å². The van der Waals surface area contributed by atoms with E-state index in [4.69, 9.17) is 0 Å². The van der Waals surface area contributed by atoms with Gasteiger partial charge in [-0.05, 0) is 27.5 Å². The van der Waals surface area contributed by atoms with Crippen molar-refractivity contribution in [1.29, 1.82) is 0 Å². The standard InChI is InChI=1S/C16H27O4P.Ca.2H/c1-15(2,3)12-8-11(10-21(18,19)20-7)9-13(14(12)17)16(4,5)6;;;/h8-9,17H,10H2,1-7H3,(H,18,19);;;. The van der Waals surface area contributed by atoms with Gasteiger partial charge in [-0.25, -0.2) is 0 Å². The zero-order valence-electron chi connectivity index (χ0n) is 14.0. The van der Waals surface area contributed by atoms with Crippen molar-refractivity contribution < 1.29 is 19.1 Å². The summed E-state index contributed by atoms with van der Waals surface area (Å²) in [5, 5.41) is 10.6. The van der Waals surface area contributed by atoms with Crippen LogP contribution in [-0.4, -0.2) is 54.8 Å². The number of aromatic hydroxyl groups is 1. The van der Waals surface area contributed by atoms with Gasteiger partial charge in [0.25, 0.3) is 0 Å². The van der Waals surface area contributed by atoms with Crippen LogP contribution in [0.4, 0.5) is 0 Å². The average molecular weight is 356 g/mol. The second-order valence-electron chi connectivity index (χ2n) is 7.52. The molecule has 0 heterocycles. The van der Waals surface area contributed by atoms with Crippen LogP contribution in [0.2, 0.25) is 0 Å². The van der Waals surface area contributed by atoms with E-state index in [1.807, 2.05) is 41.5 Å². The third-order valence-electron chi connectivity index (χ3n) is 3.45. The number of rotatable bonds is 3. The minimum atomic E-state index is -3.64. The molecule has 1 unspecified atom stereocenters. The molecule has 0 aliphatic rings. The van der Waals surface area contributed by atoms with Crippen LogP contribution in [0.1, 0.15) is 58.2 Å². The summed E-state index contributed by atoms with van der Waals surface area (Å²) >= 11 is 0. The zero-order chi connectivity index (χ0) is 16.6. The molecule has 0 aliphatic carbocycles. The third-order valence-corrected chi connectivity index (χ3v) is 4.79. The topological polar surface area (TPSA) is 66.8 Å². The van der Waals surface area contributed by atoms with Crippen molar-refractivity contribution in [2.45, 2.75) is 58.5 Å². The van der Waals surface area contributed by atoms with Gasteiger partial charge in [0.2, 0.25) is 0 Å². The molecule has 0 bridgehead atoms. The summed E-state index contributed by atoms with van der Waals surface area (Å²) in [7, 11) is -2.40. The van der Waals surface area contributed by atoms with Crippen molar-refractivity contribution in [1.82, 2.24) is 0 Å². The second kappa shape index (κ2) is 7.55. The monoisotopic (exact) mass is 356 g/mol. The average Bonchev–Trinajstić information content (AvgIpc) is 2.28. The quantitative estimate of drug-likeness (QED) is 0.643. The summed E-state index contributed by atoms with van der Waals surface area (Å²) in [6.07, 6.45) is -0.0596. The molecule has 2 N–H and O–H groups in total. The Hall–Kier alpha value is 0.430. The Morgan fingerprint density at radius 2 is 1.41 bits per heavy atom. The summed E-state index contributed by atoms with van der Waals surface area (Å²) in [5.41, 5.74) is 1.75. The summed E-state index contributed by atoms with van der Waals surface area (Å²) in [6, 6.07) is 3.60. The molecular formula is C16H29CaO4P. The van der Waals surface area contributed by atoms with Crippen LogP contribution in [0.3, 0.4) is 0 Å². The Kier molecular flexibility index (Phi) is 7.69. The summed E-state index contributed by atoms with van der Waals surface area (Å²) < 4.78 is 16.5. The molecule has 1 aromatic rings. The first-order chi connectivity index (χ1) is 9.28. The first-order valence-electron chi connectivity index (χ1n) is 7.02. The molecule has 0 radical (unpaired) electrons. The third kappa shape index (κ3) is 5.81. The van der Waals surface area contributed by atoms with Crippen LogP contribution >= 0.6 is 7.60 Å². The van der Waals surface area contributed by atoms with Gasteiger partial charge in [-0.15, -0.1) is 0 Å². The first-order valence-corrected chi connectivity index (χ1v) is 8.78. The van der Waals surface area contributed by atoms with Crippen LogP contribution in [0.5, 0.6) is 5.75 Å². The maximum absolute atomic E-state index is 11.8. The van der Waals surface area contributed by atoms with E-state index in [1.54, 1.807) is 12.1 Å². The number of phenols is 1. The molecule has 124 valence electrons. The Labute approximate surface area is 163 Å². The zero-order valence-corrected chi connectivity index (χ0v) is 14.9. The maximum atomic E-state index is 11.8. The van der Waals surface area contributed by atoms with Gasteiger partial charge in [-0.1, -0.05) is 53.7 Å². The van der Waals surface area contributed by atoms with Gasteiger partial charge in [-0.2, -0.15) is 0 Å². The van der Waals surface area contributed by atoms with Gasteiger partial charge in [0.15, 0.2) is 0 Å². The van der Waals surface area contributed by atoms with Gasteiger partial charge in [-0.3, -0.25) is 4.57 Å². The number of hydrogen-bond donors (Lipinski definition) is 2. The van der Waals surface area contributed by atoms with Crippen LogP contribution < -0.4 is 0 Å². The number of phenolic OH excluding ortho intramolecular Hbond substituents is 1. The second-order valence-corrected chi connectivity index (χ2v) is 9.47. The SMILES string of the molecule is COP(=O)(O)Cc1cc(C(C)(C)C)c(O)c(C(C)(C)C)c1.[CaH2]. The van der Waals surface area contributed by atoms with Crippen molar-refractivity contribution in [3.63, 3.8) is 0 Å². The Morgan fingerprint density at radius 3 is 1.68 bits per heavy atom. The fraction of sp³-hybridized carbons (Fsp3) is 0.625. The molecule has 0 aliphatic heterocycles. The molecule has 0 aromatic heterocycles. The molecule has 0 spiro atoms. The van der Waals surface area contributed by atoms with Gasteiger partial charge >= 0.3 is 45.3 Å². The predicted octanol–water partition coefficient (Wildman–Crippen LogP) is 3.40. The number of benzene rings is 1. The molecule has 6 heteroatoms. The molecule has 0 saturated heterocycles. The molecule has 1 aromatic carbocycles. The van der Waals surface area contributed by atoms with E-state index in [9.17, 15) is 14.6 Å². The van der Waals surface area contributed by atoms with E-state index in [0.29, 0.717) is 5.56 Å². The predicted molar refractivity (Wildman–Crippen MR) is 94.6 cm³/mol. The van der Waals surface area contributed by atoms with Crippen molar-refractivity contribution in [2.75, 3.05) is 7.11 Å². The summed E-state index contributed by atoms with van der Waals surface area (Å²) in [5.74, 6) is 0.268. The van der Waals surface area contributed by atoms with Gasteiger partial charge in [0, 0.05) is 7.11 Å².